The molecule has 2 rings (SSSR count). The van der Waals surface area contributed by atoms with Crippen LogP contribution in [0.25, 0.3) is 6.08 Å². The Labute approximate surface area is 162 Å². The highest BCUT2D eigenvalue weighted by Gasteiger charge is 2.20. The van der Waals surface area contributed by atoms with Gasteiger partial charge in [0, 0.05) is 31.5 Å². The largest absolute Gasteiger partial charge is 0.335 e. The Morgan fingerprint density at radius 1 is 1.30 bits per heavy atom. The van der Waals surface area contributed by atoms with Gasteiger partial charge < -0.3 is 4.90 Å². The Bertz CT molecular complexity index is 876. The Kier molecular flexibility index (Phi) is 7.01. The van der Waals surface area contributed by atoms with E-state index in [-0.39, 0.29) is 17.5 Å². The number of benzene rings is 1. The highest BCUT2D eigenvalue weighted by atomic mass is 32.1. The van der Waals surface area contributed by atoms with Gasteiger partial charge in [-0.3, -0.25) is 14.5 Å². The van der Waals surface area contributed by atoms with Crippen LogP contribution in [0.1, 0.15) is 26.5 Å². The first-order chi connectivity index (χ1) is 12.8. The number of carbonyl (C=O) groups is 2. The van der Waals surface area contributed by atoms with Gasteiger partial charge in [-0.05, 0) is 32.1 Å². The third-order valence-electron chi connectivity index (χ3n) is 3.66. The van der Waals surface area contributed by atoms with Crippen molar-refractivity contribution in [1.82, 2.24) is 9.88 Å². The summed E-state index contributed by atoms with van der Waals surface area (Å²) < 4.78 is 14.1. The number of thiazole rings is 1. The molecule has 0 unspecified atom stereocenters. The maximum atomic E-state index is 14.1. The average molecular weight is 387 g/mol. The van der Waals surface area contributed by atoms with Crippen LogP contribution < -0.4 is 4.90 Å². The molecule has 0 aliphatic rings. The molecule has 0 radical (unpaired) electrons. The zero-order valence-corrected chi connectivity index (χ0v) is 16.4. The Hall–Kier alpha value is -2.80. The number of aromatic nitrogens is 1. The quantitative estimate of drug-likeness (QED) is 0.522. The molecule has 5 nitrogen and oxygen atoms in total. The SMILES string of the molecule is C=C(C)CN(CC)C(=O)/C=C/c1csc(N(C(C)=O)c2ccccc2F)n1. The predicted molar refractivity (Wildman–Crippen MR) is 107 cm³/mol. The minimum absolute atomic E-state index is 0.143. The normalized spacial score (nSPS) is 10.8. The zero-order chi connectivity index (χ0) is 20.0. The van der Waals surface area contributed by atoms with Crippen molar-refractivity contribution in [3.05, 3.63) is 59.4 Å². The van der Waals surface area contributed by atoms with Gasteiger partial charge in [0.25, 0.3) is 0 Å². The van der Waals surface area contributed by atoms with Gasteiger partial charge in [0.2, 0.25) is 11.8 Å². The van der Waals surface area contributed by atoms with Gasteiger partial charge in [0.1, 0.15) is 5.82 Å². The smallest absolute Gasteiger partial charge is 0.246 e. The van der Waals surface area contributed by atoms with Crippen molar-refractivity contribution in [2.75, 3.05) is 18.0 Å². The van der Waals surface area contributed by atoms with Gasteiger partial charge in [-0.2, -0.15) is 0 Å². The van der Waals surface area contributed by atoms with E-state index >= 15 is 0 Å². The lowest BCUT2D eigenvalue weighted by atomic mass is 10.3. The number of para-hydroxylation sites is 1. The highest BCUT2D eigenvalue weighted by Crippen LogP contribution is 2.30. The summed E-state index contributed by atoms with van der Waals surface area (Å²) in [7, 11) is 0. The van der Waals surface area contributed by atoms with Crippen LogP contribution in [0.3, 0.4) is 0 Å². The first-order valence-corrected chi connectivity index (χ1v) is 9.33. The molecule has 0 spiro atoms. The highest BCUT2D eigenvalue weighted by molar-refractivity contribution is 7.14. The number of carbonyl (C=O) groups excluding carboxylic acids is 2. The standard InChI is InChI=1S/C20H22FN3O2S/c1-5-23(12-14(2)3)19(26)11-10-16-13-27-20(22-16)24(15(4)25)18-9-7-6-8-17(18)21/h6-11,13H,2,5,12H2,1,3-4H3/b11-10+. The van der Waals surface area contributed by atoms with Gasteiger partial charge in [-0.25, -0.2) is 9.37 Å². The van der Waals surface area contributed by atoms with Gasteiger partial charge in [0.05, 0.1) is 11.4 Å². The van der Waals surface area contributed by atoms with E-state index in [1.807, 2.05) is 13.8 Å². The van der Waals surface area contributed by atoms with E-state index in [9.17, 15) is 14.0 Å². The lowest BCUT2D eigenvalue weighted by Crippen LogP contribution is -2.30. The number of amides is 2. The summed E-state index contributed by atoms with van der Waals surface area (Å²) >= 11 is 1.20. The second-order valence-electron chi connectivity index (χ2n) is 6.00. The summed E-state index contributed by atoms with van der Waals surface area (Å²) in [5.74, 6) is -0.999. The summed E-state index contributed by atoms with van der Waals surface area (Å²) in [6, 6.07) is 6.03. The molecule has 0 atom stereocenters. The number of hydrogen-bond donors (Lipinski definition) is 0. The molecule has 0 N–H and O–H groups in total. The molecule has 0 aliphatic carbocycles. The summed E-state index contributed by atoms with van der Waals surface area (Å²) in [5, 5.41) is 2.05. The van der Waals surface area contributed by atoms with Crippen molar-refractivity contribution < 1.29 is 14.0 Å². The van der Waals surface area contributed by atoms with Gasteiger partial charge in [0.15, 0.2) is 5.13 Å². The molecule has 0 fully saturated rings. The molecule has 7 heteroatoms. The number of rotatable bonds is 7. The van der Waals surface area contributed by atoms with E-state index in [2.05, 4.69) is 11.6 Å². The summed E-state index contributed by atoms with van der Waals surface area (Å²) in [5.41, 5.74) is 1.57. The summed E-state index contributed by atoms with van der Waals surface area (Å²) in [4.78, 5) is 31.5. The molecule has 1 aromatic heterocycles. The van der Waals surface area contributed by atoms with Crippen molar-refractivity contribution >= 4 is 40.0 Å². The van der Waals surface area contributed by atoms with E-state index in [1.54, 1.807) is 28.5 Å². The second-order valence-corrected chi connectivity index (χ2v) is 6.84. The van der Waals surface area contributed by atoms with Crippen molar-refractivity contribution in [3.63, 3.8) is 0 Å². The van der Waals surface area contributed by atoms with E-state index < -0.39 is 5.82 Å². The lowest BCUT2D eigenvalue weighted by Gasteiger charge is -2.19. The number of likely N-dealkylation sites (N-methyl/N-ethyl adjacent to an activating group) is 1. The molecular formula is C20H22FN3O2S. The van der Waals surface area contributed by atoms with Crippen LogP contribution in [-0.4, -0.2) is 34.8 Å². The van der Waals surface area contributed by atoms with Gasteiger partial charge >= 0.3 is 0 Å². The molecule has 2 amide bonds. The fourth-order valence-electron chi connectivity index (χ4n) is 2.43. The zero-order valence-electron chi connectivity index (χ0n) is 15.6. The monoisotopic (exact) mass is 387 g/mol. The number of anilines is 2. The first kappa shape index (κ1) is 20.5. The molecule has 142 valence electrons. The molecule has 0 saturated heterocycles. The first-order valence-electron chi connectivity index (χ1n) is 8.45. The molecule has 1 heterocycles. The van der Waals surface area contributed by atoms with E-state index in [0.29, 0.717) is 23.9 Å². The van der Waals surface area contributed by atoms with Crippen LogP contribution in [-0.2, 0) is 9.59 Å². The second kappa shape index (κ2) is 9.23. The average Bonchev–Trinajstić information content (AvgIpc) is 3.07. The molecule has 0 aliphatic heterocycles. The maximum absolute atomic E-state index is 14.1. The number of hydrogen-bond acceptors (Lipinski definition) is 4. The summed E-state index contributed by atoms with van der Waals surface area (Å²) in [6.45, 7) is 10.0. The predicted octanol–water partition coefficient (Wildman–Crippen LogP) is 4.40. The fourth-order valence-corrected chi connectivity index (χ4v) is 3.28. The number of nitrogens with zero attached hydrogens (tertiary/aromatic N) is 3. The minimum Gasteiger partial charge on any atom is -0.335 e. The van der Waals surface area contributed by atoms with E-state index in [4.69, 9.17) is 0 Å². The molecule has 27 heavy (non-hydrogen) atoms. The molecule has 0 bridgehead atoms. The fraction of sp³-hybridized carbons (Fsp3) is 0.250. The minimum atomic E-state index is -0.506. The van der Waals surface area contributed by atoms with Crippen LogP contribution in [0.15, 0.2) is 47.9 Å². The molecular weight excluding hydrogens is 365 g/mol. The Balaban J connectivity index is 2.22. The third kappa shape index (κ3) is 5.34. The van der Waals surface area contributed by atoms with Crippen LogP contribution >= 0.6 is 11.3 Å². The third-order valence-corrected chi connectivity index (χ3v) is 4.50. The Morgan fingerprint density at radius 2 is 2.00 bits per heavy atom. The molecule has 2 aromatic rings. The van der Waals surface area contributed by atoms with Crippen LogP contribution in [0.5, 0.6) is 0 Å². The molecule has 0 saturated carbocycles. The van der Waals surface area contributed by atoms with E-state index in [1.165, 1.54) is 41.4 Å². The lowest BCUT2D eigenvalue weighted by molar-refractivity contribution is -0.125. The Morgan fingerprint density at radius 3 is 2.59 bits per heavy atom. The van der Waals surface area contributed by atoms with Crippen molar-refractivity contribution in [2.45, 2.75) is 20.8 Å². The number of halogens is 1. The van der Waals surface area contributed by atoms with Crippen molar-refractivity contribution in [1.29, 1.82) is 0 Å². The topological polar surface area (TPSA) is 53.5 Å². The van der Waals surface area contributed by atoms with E-state index in [0.717, 1.165) is 5.57 Å². The van der Waals surface area contributed by atoms with Crippen LogP contribution in [0.4, 0.5) is 15.2 Å². The van der Waals surface area contributed by atoms with Crippen LogP contribution in [0.2, 0.25) is 0 Å². The van der Waals surface area contributed by atoms with Gasteiger partial charge in [-0.1, -0.05) is 24.3 Å². The van der Waals surface area contributed by atoms with Crippen LogP contribution in [0, 0.1) is 5.82 Å². The van der Waals surface area contributed by atoms with Gasteiger partial charge in [-0.15, -0.1) is 11.3 Å². The van der Waals surface area contributed by atoms with Crippen molar-refractivity contribution in [3.8, 4) is 0 Å². The molecule has 1 aromatic carbocycles. The summed E-state index contributed by atoms with van der Waals surface area (Å²) in [6.07, 6.45) is 3.02. The maximum Gasteiger partial charge on any atom is 0.246 e. The van der Waals surface area contributed by atoms with Crippen molar-refractivity contribution in [2.24, 2.45) is 0 Å².